The minimum Gasteiger partial charge on any atom is -0.321 e. The van der Waals surface area contributed by atoms with Gasteiger partial charge in [0.1, 0.15) is 9.88 Å². The lowest BCUT2D eigenvalue weighted by molar-refractivity contribution is 0.102. The summed E-state index contributed by atoms with van der Waals surface area (Å²) in [6.07, 6.45) is 3.49. The summed E-state index contributed by atoms with van der Waals surface area (Å²) in [6.45, 7) is 6.06. The molecule has 0 saturated carbocycles. The molecule has 0 fully saturated rings. The van der Waals surface area contributed by atoms with Crippen LogP contribution in [0.25, 0.3) is 10.7 Å². The monoisotopic (exact) mass is 351 g/mol. The fourth-order valence-electron chi connectivity index (χ4n) is 2.78. The summed E-state index contributed by atoms with van der Waals surface area (Å²) in [5.74, 6) is -0.104. The van der Waals surface area contributed by atoms with Gasteiger partial charge >= 0.3 is 0 Å². The van der Waals surface area contributed by atoms with Crippen LogP contribution in [0.3, 0.4) is 0 Å². The first-order chi connectivity index (χ1) is 12.1. The lowest BCUT2D eigenvalue weighted by Gasteiger charge is -2.14. The summed E-state index contributed by atoms with van der Waals surface area (Å²) in [5, 5.41) is 3.88. The zero-order chi connectivity index (χ0) is 17.8. The molecule has 0 aliphatic rings. The Balaban J connectivity index is 1.92. The third-order valence-electron chi connectivity index (χ3n) is 4.12. The molecule has 2 heterocycles. The van der Waals surface area contributed by atoms with E-state index in [1.54, 1.807) is 6.20 Å². The zero-order valence-electron chi connectivity index (χ0n) is 14.7. The van der Waals surface area contributed by atoms with Crippen LogP contribution in [0.15, 0.2) is 42.6 Å². The summed E-state index contributed by atoms with van der Waals surface area (Å²) in [4.78, 5) is 22.3. The number of nitrogens with one attached hydrogen (secondary N) is 1. The summed E-state index contributed by atoms with van der Waals surface area (Å²) < 4.78 is 0. The molecular weight excluding hydrogens is 330 g/mol. The molecule has 0 spiro atoms. The van der Waals surface area contributed by atoms with Gasteiger partial charge in [-0.3, -0.25) is 9.78 Å². The molecule has 0 bridgehead atoms. The number of nitrogens with zero attached hydrogens (tertiary/aromatic N) is 2. The fraction of sp³-hybridized carbons (Fsp3) is 0.250. The lowest BCUT2D eigenvalue weighted by Crippen LogP contribution is -2.14. The summed E-state index contributed by atoms with van der Waals surface area (Å²) in [5.41, 5.74) is 4.76. The molecular formula is C20H21N3OS. The van der Waals surface area contributed by atoms with Crippen molar-refractivity contribution in [3.63, 3.8) is 0 Å². The maximum atomic E-state index is 12.9. The number of hydrogen-bond donors (Lipinski definition) is 1. The highest BCUT2D eigenvalue weighted by Gasteiger charge is 2.18. The highest BCUT2D eigenvalue weighted by molar-refractivity contribution is 7.17. The van der Waals surface area contributed by atoms with Crippen molar-refractivity contribution in [2.75, 3.05) is 5.32 Å². The SMILES string of the molecule is CCc1cccc(CC)c1NC(=O)c1sc(-c2ccccn2)nc1C. The molecule has 0 atom stereocenters. The number of benzene rings is 1. The Labute approximate surface area is 152 Å². The van der Waals surface area contributed by atoms with E-state index < -0.39 is 0 Å². The van der Waals surface area contributed by atoms with E-state index in [9.17, 15) is 4.79 Å². The van der Waals surface area contributed by atoms with Crippen molar-refractivity contribution < 1.29 is 4.79 Å². The Morgan fingerprint density at radius 2 is 1.80 bits per heavy atom. The van der Waals surface area contributed by atoms with Crippen LogP contribution in [-0.4, -0.2) is 15.9 Å². The Morgan fingerprint density at radius 1 is 1.08 bits per heavy atom. The van der Waals surface area contributed by atoms with Crippen molar-refractivity contribution in [3.8, 4) is 10.7 Å². The fourth-order valence-corrected chi connectivity index (χ4v) is 3.72. The van der Waals surface area contributed by atoms with Crippen LogP contribution in [-0.2, 0) is 12.8 Å². The van der Waals surface area contributed by atoms with Gasteiger partial charge in [-0.1, -0.05) is 38.1 Å². The van der Waals surface area contributed by atoms with Gasteiger partial charge in [0.25, 0.3) is 5.91 Å². The van der Waals surface area contributed by atoms with E-state index in [2.05, 4.69) is 41.3 Å². The third-order valence-corrected chi connectivity index (χ3v) is 5.30. The molecule has 4 nitrogen and oxygen atoms in total. The maximum absolute atomic E-state index is 12.9. The average molecular weight is 351 g/mol. The number of carbonyl (C=O) groups is 1. The number of aromatic nitrogens is 2. The molecule has 128 valence electrons. The van der Waals surface area contributed by atoms with E-state index in [0.29, 0.717) is 4.88 Å². The molecule has 2 aromatic heterocycles. The predicted octanol–water partition coefficient (Wildman–Crippen LogP) is 4.89. The Kier molecular flexibility index (Phi) is 5.24. The van der Waals surface area contributed by atoms with Gasteiger partial charge in [-0.05, 0) is 43.0 Å². The topological polar surface area (TPSA) is 54.9 Å². The number of anilines is 1. The number of hydrogen-bond acceptors (Lipinski definition) is 4. The standard InChI is InChI=1S/C20H21N3OS/c1-4-14-9-8-10-15(5-2)17(14)23-19(24)18-13(3)22-20(25-18)16-11-6-7-12-21-16/h6-12H,4-5H2,1-3H3,(H,23,24). The second-order valence-electron chi connectivity index (χ2n) is 5.76. The van der Waals surface area contributed by atoms with Gasteiger partial charge in [0.15, 0.2) is 0 Å². The molecule has 25 heavy (non-hydrogen) atoms. The van der Waals surface area contributed by atoms with Gasteiger partial charge in [-0.25, -0.2) is 4.98 Å². The van der Waals surface area contributed by atoms with E-state index in [0.717, 1.165) is 46.1 Å². The maximum Gasteiger partial charge on any atom is 0.267 e. The van der Waals surface area contributed by atoms with E-state index in [1.165, 1.54) is 11.3 Å². The zero-order valence-corrected chi connectivity index (χ0v) is 15.5. The Morgan fingerprint density at radius 3 is 2.40 bits per heavy atom. The molecule has 3 rings (SSSR count). The molecule has 0 aliphatic carbocycles. The Hall–Kier alpha value is -2.53. The number of amides is 1. The smallest absolute Gasteiger partial charge is 0.267 e. The van der Waals surface area contributed by atoms with Gasteiger partial charge in [0.2, 0.25) is 0 Å². The van der Waals surface area contributed by atoms with E-state index in [-0.39, 0.29) is 5.91 Å². The summed E-state index contributed by atoms with van der Waals surface area (Å²) in [7, 11) is 0. The van der Waals surface area contributed by atoms with Crippen LogP contribution >= 0.6 is 11.3 Å². The molecule has 1 amide bonds. The van der Waals surface area contributed by atoms with E-state index >= 15 is 0 Å². The summed E-state index contributed by atoms with van der Waals surface area (Å²) >= 11 is 1.38. The first-order valence-corrected chi connectivity index (χ1v) is 9.26. The average Bonchev–Trinajstić information content (AvgIpc) is 3.04. The molecule has 0 unspecified atom stereocenters. The molecule has 1 N–H and O–H groups in total. The number of carbonyl (C=O) groups excluding carboxylic acids is 1. The van der Waals surface area contributed by atoms with Gasteiger partial charge in [-0.2, -0.15) is 0 Å². The highest BCUT2D eigenvalue weighted by atomic mass is 32.1. The van der Waals surface area contributed by atoms with Gasteiger partial charge in [0, 0.05) is 11.9 Å². The molecule has 5 heteroatoms. The molecule has 0 saturated heterocycles. The van der Waals surface area contributed by atoms with Crippen molar-refractivity contribution in [3.05, 3.63) is 64.3 Å². The van der Waals surface area contributed by atoms with E-state index in [4.69, 9.17) is 0 Å². The summed E-state index contributed by atoms with van der Waals surface area (Å²) in [6, 6.07) is 11.9. The molecule has 3 aromatic rings. The van der Waals surface area contributed by atoms with Gasteiger partial charge in [0.05, 0.1) is 11.4 Å². The largest absolute Gasteiger partial charge is 0.321 e. The van der Waals surface area contributed by atoms with Gasteiger partial charge < -0.3 is 5.32 Å². The number of para-hydroxylation sites is 1. The van der Waals surface area contributed by atoms with Crippen LogP contribution < -0.4 is 5.32 Å². The van der Waals surface area contributed by atoms with Crippen LogP contribution in [0.5, 0.6) is 0 Å². The van der Waals surface area contributed by atoms with Crippen molar-refractivity contribution in [1.82, 2.24) is 9.97 Å². The minimum atomic E-state index is -0.104. The molecule has 1 aromatic carbocycles. The molecule has 0 aliphatic heterocycles. The van der Waals surface area contributed by atoms with Crippen LogP contribution in [0.1, 0.15) is 40.3 Å². The predicted molar refractivity (Wildman–Crippen MR) is 103 cm³/mol. The second-order valence-corrected chi connectivity index (χ2v) is 6.76. The normalized spacial score (nSPS) is 10.7. The number of pyridine rings is 1. The van der Waals surface area contributed by atoms with Crippen molar-refractivity contribution in [1.29, 1.82) is 0 Å². The number of aryl methyl sites for hydroxylation is 3. The van der Waals surface area contributed by atoms with Crippen molar-refractivity contribution in [2.24, 2.45) is 0 Å². The van der Waals surface area contributed by atoms with Crippen molar-refractivity contribution in [2.45, 2.75) is 33.6 Å². The highest BCUT2D eigenvalue weighted by Crippen LogP contribution is 2.29. The number of rotatable bonds is 5. The van der Waals surface area contributed by atoms with Crippen LogP contribution in [0.4, 0.5) is 5.69 Å². The number of thiazole rings is 1. The second kappa shape index (κ2) is 7.57. The van der Waals surface area contributed by atoms with Crippen LogP contribution in [0.2, 0.25) is 0 Å². The third kappa shape index (κ3) is 3.61. The first kappa shape index (κ1) is 17.3. The molecule has 0 radical (unpaired) electrons. The quantitative estimate of drug-likeness (QED) is 0.712. The Bertz CT molecular complexity index is 865. The van der Waals surface area contributed by atoms with Crippen molar-refractivity contribution >= 4 is 22.9 Å². The van der Waals surface area contributed by atoms with E-state index in [1.807, 2.05) is 31.2 Å². The lowest BCUT2D eigenvalue weighted by atomic mass is 10.0. The van der Waals surface area contributed by atoms with Crippen LogP contribution in [0, 0.1) is 6.92 Å². The first-order valence-electron chi connectivity index (χ1n) is 8.45. The minimum absolute atomic E-state index is 0.104. The van der Waals surface area contributed by atoms with Gasteiger partial charge in [-0.15, -0.1) is 11.3 Å².